The van der Waals surface area contributed by atoms with Gasteiger partial charge in [0.05, 0.1) is 6.61 Å². The first-order valence-electron chi connectivity index (χ1n) is 7.21. The van der Waals surface area contributed by atoms with Crippen LogP contribution in [0.4, 0.5) is 11.5 Å². The van der Waals surface area contributed by atoms with Crippen LogP contribution in [0, 0.1) is 0 Å². The second kappa shape index (κ2) is 7.93. The standard InChI is InChI=1S/C17H18N2O4/c1-3-22-14-8-6-13(7-9-14)19-16-15(5-4-10-18-16)17(21)23-11-12(2)20/h4-10H,3,11H2,1-2H3,(H,18,19). The molecule has 0 aliphatic heterocycles. The molecule has 0 aliphatic carbocycles. The molecule has 0 bridgehead atoms. The molecule has 0 atom stereocenters. The lowest BCUT2D eigenvalue weighted by atomic mass is 10.2. The number of pyridine rings is 1. The van der Waals surface area contributed by atoms with Crippen molar-refractivity contribution in [1.82, 2.24) is 4.98 Å². The highest BCUT2D eigenvalue weighted by Gasteiger charge is 2.14. The number of esters is 1. The van der Waals surface area contributed by atoms with Gasteiger partial charge in [-0.1, -0.05) is 0 Å². The number of carbonyl (C=O) groups excluding carboxylic acids is 2. The summed E-state index contributed by atoms with van der Waals surface area (Å²) in [5, 5.41) is 3.06. The Morgan fingerprint density at radius 3 is 2.57 bits per heavy atom. The van der Waals surface area contributed by atoms with Gasteiger partial charge in [-0.25, -0.2) is 9.78 Å². The second-order valence-electron chi connectivity index (χ2n) is 4.76. The van der Waals surface area contributed by atoms with Crippen molar-refractivity contribution in [1.29, 1.82) is 0 Å². The van der Waals surface area contributed by atoms with Crippen LogP contribution in [-0.2, 0) is 9.53 Å². The molecule has 0 unspecified atom stereocenters. The van der Waals surface area contributed by atoms with Gasteiger partial charge in [0.1, 0.15) is 23.7 Å². The highest BCUT2D eigenvalue weighted by Crippen LogP contribution is 2.21. The van der Waals surface area contributed by atoms with E-state index in [2.05, 4.69) is 10.3 Å². The normalized spacial score (nSPS) is 10.0. The van der Waals surface area contributed by atoms with E-state index < -0.39 is 5.97 Å². The largest absolute Gasteiger partial charge is 0.494 e. The van der Waals surface area contributed by atoms with Gasteiger partial charge in [0.15, 0.2) is 5.78 Å². The minimum atomic E-state index is -0.596. The molecule has 1 N–H and O–H groups in total. The van der Waals surface area contributed by atoms with Gasteiger partial charge in [0.25, 0.3) is 0 Å². The summed E-state index contributed by atoms with van der Waals surface area (Å²) in [4.78, 5) is 27.1. The molecule has 1 aromatic carbocycles. The molecule has 120 valence electrons. The van der Waals surface area contributed by atoms with E-state index in [-0.39, 0.29) is 18.0 Å². The fraction of sp³-hybridized carbons (Fsp3) is 0.235. The van der Waals surface area contributed by atoms with Crippen molar-refractivity contribution >= 4 is 23.3 Å². The van der Waals surface area contributed by atoms with Gasteiger partial charge in [0.2, 0.25) is 0 Å². The number of nitrogens with zero attached hydrogens (tertiary/aromatic N) is 1. The number of carbonyl (C=O) groups is 2. The number of Topliss-reactive ketones (excluding diaryl/α,β-unsaturated/α-hetero) is 1. The molecule has 0 saturated carbocycles. The Kier molecular flexibility index (Phi) is 5.68. The third-order valence-electron chi connectivity index (χ3n) is 2.86. The number of benzene rings is 1. The summed E-state index contributed by atoms with van der Waals surface area (Å²) in [5.74, 6) is 0.315. The van der Waals surface area contributed by atoms with Crippen molar-refractivity contribution in [2.45, 2.75) is 13.8 Å². The van der Waals surface area contributed by atoms with E-state index in [1.54, 1.807) is 18.3 Å². The number of hydrogen-bond acceptors (Lipinski definition) is 6. The lowest BCUT2D eigenvalue weighted by molar-refractivity contribution is -0.120. The fourth-order valence-corrected chi connectivity index (χ4v) is 1.85. The van der Waals surface area contributed by atoms with E-state index in [1.165, 1.54) is 6.92 Å². The zero-order valence-electron chi connectivity index (χ0n) is 13.0. The molecule has 0 spiro atoms. The van der Waals surface area contributed by atoms with Gasteiger partial charge in [-0.05, 0) is 50.2 Å². The Hall–Kier alpha value is -2.89. The van der Waals surface area contributed by atoms with Gasteiger partial charge in [-0.3, -0.25) is 4.79 Å². The molecular weight excluding hydrogens is 296 g/mol. The first kappa shape index (κ1) is 16.5. The van der Waals surface area contributed by atoms with Gasteiger partial charge in [-0.2, -0.15) is 0 Å². The fourth-order valence-electron chi connectivity index (χ4n) is 1.85. The Morgan fingerprint density at radius 1 is 1.17 bits per heavy atom. The summed E-state index contributed by atoms with van der Waals surface area (Å²) in [6.07, 6.45) is 1.57. The van der Waals surface area contributed by atoms with Crippen LogP contribution in [0.15, 0.2) is 42.6 Å². The predicted molar refractivity (Wildman–Crippen MR) is 86.1 cm³/mol. The van der Waals surface area contributed by atoms with Crippen LogP contribution < -0.4 is 10.1 Å². The summed E-state index contributed by atoms with van der Waals surface area (Å²) >= 11 is 0. The quantitative estimate of drug-likeness (QED) is 0.792. The monoisotopic (exact) mass is 314 g/mol. The van der Waals surface area contributed by atoms with Crippen LogP contribution >= 0.6 is 0 Å². The van der Waals surface area contributed by atoms with Gasteiger partial charge >= 0.3 is 5.97 Å². The SMILES string of the molecule is CCOc1ccc(Nc2ncccc2C(=O)OCC(C)=O)cc1. The molecule has 0 fully saturated rings. The predicted octanol–water partition coefficient (Wildman–Crippen LogP) is 2.97. The minimum Gasteiger partial charge on any atom is -0.494 e. The topological polar surface area (TPSA) is 77.5 Å². The number of ether oxygens (including phenoxy) is 2. The van der Waals surface area contributed by atoms with Crippen molar-refractivity contribution in [3.63, 3.8) is 0 Å². The molecule has 0 radical (unpaired) electrons. The van der Waals surface area contributed by atoms with Crippen LogP contribution in [0.25, 0.3) is 0 Å². The first-order chi connectivity index (χ1) is 11.1. The smallest absolute Gasteiger partial charge is 0.342 e. The van der Waals surface area contributed by atoms with Crippen LogP contribution in [0.2, 0.25) is 0 Å². The number of ketones is 1. The number of aromatic nitrogens is 1. The van der Waals surface area contributed by atoms with Crippen molar-refractivity contribution in [2.24, 2.45) is 0 Å². The molecule has 1 heterocycles. The maximum absolute atomic E-state index is 12.0. The van der Waals surface area contributed by atoms with E-state index in [4.69, 9.17) is 9.47 Å². The van der Waals surface area contributed by atoms with Crippen LogP contribution in [0.5, 0.6) is 5.75 Å². The van der Waals surface area contributed by atoms with Crippen LogP contribution in [0.3, 0.4) is 0 Å². The average Bonchev–Trinajstić information content (AvgIpc) is 2.55. The number of nitrogens with one attached hydrogen (secondary N) is 1. The summed E-state index contributed by atoms with van der Waals surface area (Å²) in [6.45, 7) is 3.62. The van der Waals surface area contributed by atoms with Crippen molar-refractivity contribution in [3.8, 4) is 5.75 Å². The summed E-state index contributed by atoms with van der Waals surface area (Å²) in [5.41, 5.74) is 1.02. The molecule has 6 nitrogen and oxygen atoms in total. The number of hydrogen-bond donors (Lipinski definition) is 1. The first-order valence-corrected chi connectivity index (χ1v) is 7.21. The third kappa shape index (κ3) is 4.81. The molecule has 0 amide bonds. The van der Waals surface area contributed by atoms with E-state index >= 15 is 0 Å². The molecule has 2 rings (SSSR count). The van der Waals surface area contributed by atoms with Crippen molar-refractivity contribution in [2.75, 3.05) is 18.5 Å². The summed E-state index contributed by atoms with van der Waals surface area (Å²) in [7, 11) is 0. The molecule has 6 heteroatoms. The van der Waals surface area contributed by atoms with Gasteiger partial charge in [0, 0.05) is 11.9 Å². The van der Waals surface area contributed by atoms with E-state index in [9.17, 15) is 9.59 Å². The van der Waals surface area contributed by atoms with E-state index in [0.717, 1.165) is 11.4 Å². The Morgan fingerprint density at radius 2 is 1.91 bits per heavy atom. The number of rotatable bonds is 7. The van der Waals surface area contributed by atoms with Crippen molar-refractivity contribution in [3.05, 3.63) is 48.2 Å². The average molecular weight is 314 g/mol. The Balaban J connectivity index is 2.13. The second-order valence-corrected chi connectivity index (χ2v) is 4.76. The van der Waals surface area contributed by atoms with Crippen molar-refractivity contribution < 1.29 is 19.1 Å². The third-order valence-corrected chi connectivity index (χ3v) is 2.86. The lowest BCUT2D eigenvalue weighted by Crippen LogP contribution is -2.13. The minimum absolute atomic E-state index is 0.219. The van der Waals surface area contributed by atoms with Crippen LogP contribution in [0.1, 0.15) is 24.2 Å². The van der Waals surface area contributed by atoms with E-state index in [0.29, 0.717) is 12.4 Å². The maximum atomic E-state index is 12.0. The molecular formula is C17H18N2O4. The zero-order valence-corrected chi connectivity index (χ0v) is 13.0. The molecule has 0 saturated heterocycles. The molecule has 1 aromatic heterocycles. The van der Waals surface area contributed by atoms with E-state index in [1.807, 2.05) is 31.2 Å². The summed E-state index contributed by atoms with van der Waals surface area (Å²) < 4.78 is 10.3. The Bertz CT molecular complexity index is 683. The molecule has 0 aliphatic rings. The highest BCUT2D eigenvalue weighted by atomic mass is 16.5. The zero-order chi connectivity index (χ0) is 16.7. The van der Waals surface area contributed by atoms with Gasteiger partial charge < -0.3 is 14.8 Å². The lowest BCUT2D eigenvalue weighted by Gasteiger charge is -2.11. The highest BCUT2D eigenvalue weighted by molar-refractivity contribution is 5.96. The van der Waals surface area contributed by atoms with Crippen LogP contribution in [-0.4, -0.2) is 30.0 Å². The summed E-state index contributed by atoms with van der Waals surface area (Å²) in [6, 6.07) is 10.5. The molecule has 23 heavy (non-hydrogen) atoms. The Labute approximate surface area is 134 Å². The maximum Gasteiger partial charge on any atom is 0.342 e. The molecule has 2 aromatic rings. The number of anilines is 2. The van der Waals surface area contributed by atoms with Gasteiger partial charge in [-0.15, -0.1) is 0 Å².